The Kier molecular flexibility index (Phi) is 6.90. The lowest BCUT2D eigenvalue weighted by molar-refractivity contribution is -0.119. The lowest BCUT2D eigenvalue weighted by atomic mass is 10.2. The van der Waals surface area contributed by atoms with Crippen LogP contribution in [-0.4, -0.2) is 62.3 Å². The molecule has 0 aliphatic heterocycles. The van der Waals surface area contributed by atoms with Crippen LogP contribution in [0, 0.1) is 0 Å². The minimum absolute atomic E-state index is 0.0553. The number of nitrogens with one attached hydrogen (secondary N) is 1. The van der Waals surface area contributed by atoms with Gasteiger partial charge in [0.05, 0.1) is 6.04 Å². The van der Waals surface area contributed by atoms with Crippen LogP contribution in [0.5, 0.6) is 0 Å². The second-order valence-electron chi connectivity index (χ2n) is 6.49. The zero-order chi connectivity index (χ0) is 16.0. The van der Waals surface area contributed by atoms with Crippen molar-refractivity contribution in [1.82, 2.24) is 10.2 Å². The molecule has 1 amide bonds. The number of hydrogen-bond donors (Lipinski definition) is 1. The smallest absolute Gasteiger partial charge is 0.410 e. The van der Waals surface area contributed by atoms with Gasteiger partial charge >= 0.3 is 6.09 Å². The summed E-state index contributed by atoms with van der Waals surface area (Å²) in [5.41, 5.74) is -0.456. The molecule has 124 valence electrons. The number of nitrogens with zero attached hydrogens (tertiary/aromatic N) is 1. The number of methoxy groups -OCH3 is 2. The van der Waals surface area contributed by atoms with E-state index in [2.05, 4.69) is 5.32 Å². The van der Waals surface area contributed by atoms with E-state index in [1.54, 1.807) is 14.2 Å². The average molecular weight is 302 g/mol. The van der Waals surface area contributed by atoms with E-state index in [9.17, 15) is 4.79 Å². The highest BCUT2D eigenvalue weighted by Gasteiger charge is 2.34. The molecule has 1 N–H and O–H groups in total. The number of hydrogen-bond acceptors (Lipinski definition) is 5. The largest absolute Gasteiger partial charge is 0.444 e. The third-order valence-corrected chi connectivity index (χ3v) is 3.31. The van der Waals surface area contributed by atoms with Gasteiger partial charge in [0.25, 0.3) is 0 Å². The average Bonchev–Trinajstić information content (AvgIpc) is 3.18. The molecular weight excluding hydrogens is 272 g/mol. The Balaban J connectivity index is 2.40. The van der Waals surface area contributed by atoms with Crippen LogP contribution >= 0.6 is 0 Å². The Bertz CT molecular complexity index is 322. The summed E-state index contributed by atoms with van der Waals surface area (Å²) in [5, 5.41) is 3.32. The molecule has 0 spiro atoms. The van der Waals surface area contributed by atoms with Gasteiger partial charge in [-0.05, 0) is 40.5 Å². The fourth-order valence-electron chi connectivity index (χ4n) is 2.14. The fraction of sp³-hybridized carbons (Fsp3) is 0.933. The molecule has 0 aromatic carbocycles. The van der Waals surface area contributed by atoms with Crippen LogP contribution in [-0.2, 0) is 14.2 Å². The Morgan fingerprint density at radius 3 is 2.29 bits per heavy atom. The highest BCUT2D eigenvalue weighted by atomic mass is 16.7. The lowest BCUT2D eigenvalue weighted by Gasteiger charge is -2.28. The molecule has 1 aliphatic rings. The summed E-state index contributed by atoms with van der Waals surface area (Å²) in [5.74, 6) is 0. The summed E-state index contributed by atoms with van der Waals surface area (Å²) in [4.78, 5) is 14.0. The second kappa shape index (κ2) is 7.96. The van der Waals surface area contributed by atoms with Gasteiger partial charge < -0.3 is 24.4 Å². The molecule has 0 heterocycles. The molecule has 1 atom stereocenters. The molecule has 0 aromatic heterocycles. The molecule has 0 bridgehead atoms. The fourth-order valence-corrected chi connectivity index (χ4v) is 2.14. The van der Waals surface area contributed by atoms with Crippen LogP contribution in [0.25, 0.3) is 0 Å². The summed E-state index contributed by atoms with van der Waals surface area (Å²) in [7, 11) is 3.23. The Morgan fingerprint density at radius 1 is 1.29 bits per heavy atom. The van der Waals surface area contributed by atoms with Crippen LogP contribution in [0.1, 0.15) is 40.5 Å². The molecular formula is C15H30N2O4. The standard InChI is InChI=1S/C15H30N2O4/c1-11(13(19-5)20-6)16-9-10-17(12-7-8-12)14(18)21-15(2,3)4/h11-13,16H,7-10H2,1-6H3. The SMILES string of the molecule is COC(OC)C(C)NCCN(C(=O)OC(C)(C)C)C1CC1. The molecule has 1 rings (SSSR count). The molecule has 1 aliphatic carbocycles. The van der Waals surface area contributed by atoms with E-state index < -0.39 is 5.60 Å². The van der Waals surface area contributed by atoms with Crippen molar-refractivity contribution in [2.45, 2.75) is 64.5 Å². The van der Waals surface area contributed by atoms with Crippen molar-refractivity contribution in [3.63, 3.8) is 0 Å². The van der Waals surface area contributed by atoms with E-state index in [0.717, 1.165) is 12.8 Å². The number of carbonyl (C=O) groups is 1. The Morgan fingerprint density at radius 2 is 1.86 bits per heavy atom. The summed E-state index contributed by atoms with van der Waals surface area (Å²) >= 11 is 0. The van der Waals surface area contributed by atoms with Crippen LogP contribution < -0.4 is 5.32 Å². The summed E-state index contributed by atoms with van der Waals surface area (Å²) in [6.45, 7) is 8.96. The van der Waals surface area contributed by atoms with Gasteiger partial charge in [0.15, 0.2) is 6.29 Å². The molecule has 6 heteroatoms. The van der Waals surface area contributed by atoms with Crippen molar-refractivity contribution in [1.29, 1.82) is 0 Å². The third-order valence-electron chi connectivity index (χ3n) is 3.31. The van der Waals surface area contributed by atoms with Crippen molar-refractivity contribution >= 4 is 6.09 Å². The zero-order valence-electron chi connectivity index (χ0n) is 14.1. The molecule has 21 heavy (non-hydrogen) atoms. The number of amides is 1. The predicted molar refractivity (Wildman–Crippen MR) is 81.2 cm³/mol. The van der Waals surface area contributed by atoms with Gasteiger partial charge in [-0.3, -0.25) is 0 Å². The van der Waals surface area contributed by atoms with Crippen molar-refractivity contribution in [2.24, 2.45) is 0 Å². The monoisotopic (exact) mass is 302 g/mol. The first kappa shape index (κ1) is 18.2. The minimum Gasteiger partial charge on any atom is -0.444 e. The molecule has 0 saturated heterocycles. The number of ether oxygens (including phenoxy) is 3. The molecule has 1 saturated carbocycles. The van der Waals surface area contributed by atoms with Crippen LogP contribution in [0.4, 0.5) is 4.79 Å². The summed E-state index contributed by atoms with van der Waals surface area (Å²) in [6, 6.07) is 0.386. The lowest BCUT2D eigenvalue weighted by Crippen LogP contribution is -2.46. The van der Waals surface area contributed by atoms with E-state index in [-0.39, 0.29) is 18.4 Å². The molecule has 0 radical (unpaired) electrons. The van der Waals surface area contributed by atoms with E-state index in [1.807, 2.05) is 32.6 Å². The number of rotatable bonds is 8. The van der Waals surface area contributed by atoms with Gasteiger partial charge in [0, 0.05) is 33.4 Å². The normalized spacial score (nSPS) is 16.9. The zero-order valence-corrected chi connectivity index (χ0v) is 14.1. The van der Waals surface area contributed by atoms with E-state index in [0.29, 0.717) is 19.1 Å². The summed E-state index contributed by atoms with van der Waals surface area (Å²) in [6.07, 6.45) is 1.61. The first-order valence-electron chi connectivity index (χ1n) is 7.57. The van der Waals surface area contributed by atoms with Crippen LogP contribution in [0.3, 0.4) is 0 Å². The Hall–Kier alpha value is -0.850. The summed E-state index contributed by atoms with van der Waals surface area (Å²) < 4.78 is 15.9. The van der Waals surface area contributed by atoms with Gasteiger partial charge in [-0.2, -0.15) is 0 Å². The number of carbonyl (C=O) groups excluding carboxylic acids is 1. The van der Waals surface area contributed by atoms with E-state index in [4.69, 9.17) is 14.2 Å². The second-order valence-corrected chi connectivity index (χ2v) is 6.49. The molecule has 1 unspecified atom stereocenters. The van der Waals surface area contributed by atoms with E-state index in [1.165, 1.54) is 0 Å². The van der Waals surface area contributed by atoms with Gasteiger partial charge in [0.1, 0.15) is 5.60 Å². The molecule has 6 nitrogen and oxygen atoms in total. The van der Waals surface area contributed by atoms with Crippen molar-refractivity contribution in [2.75, 3.05) is 27.3 Å². The first-order chi connectivity index (χ1) is 9.78. The predicted octanol–water partition coefficient (Wildman–Crippen LogP) is 1.98. The maximum Gasteiger partial charge on any atom is 0.410 e. The Labute approximate surface area is 128 Å². The van der Waals surface area contributed by atoms with Gasteiger partial charge in [0.2, 0.25) is 0 Å². The van der Waals surface area contributed by atoms with Crippen molar-refractivity contribution in [3.05, 3.63) is 0 Å². The highest BCUT2D eigenvalue weighted by molar-refractivity contribution is 5.69. The van der Waals surface area contributed by atoms with E-state index >= 15 is 0 Å². The van der Waals surface area contributed by atoms with Gasteiger partial charge in [-0.25, -0.2) is 4.79 Å². The van der Waals surface area contributed by atoms with Crippen LogP contribution in [0.15, 0.2) is 0 Å². The van der Waals surface area contributed by atoms with Gasteiger partial charge in [-0.15, -0.1) is 0 Å². The highest BCUT2D eigenvalue weighted by Crippen LogP contribution is 2.28. The van der Waals surface area contributed by atoms with Crippen molar-refractivity contribution in [3.8, 4) is 0 Å². The minimum atomic E-state index is -0.456. The quantitative estimate of drug-likeness (QED) is 0.695. The van der Waals surface area contributed by atoms with Crippen LogP contribution in [0.2, 0.25) is 0 Å². The topological polar surface area (TPSA) is 60.0 Å². The van der Waals surface area contributed by atoms with Gasteiger partial charge in [-0.1, -0.05) is 0 Å². The maximum absolute atomic E-state index is 12.2. The van der Waals surface area contributed by atoms with Crippen molar-refractivity contribution < 1.29 is 19.0 Å². The molecule has 0 aromatic rings. The third kappa shape index (κ3) is 6.63. The molecule has 1 fully saturated rings. The maximum atomic E-state index is 12.2. The first-order valence-corrected chi connectivity index (χ1v) is 7.57.